The van der Waals surface area contributed by atoms with E-state index in [1.165, 1.54) is 28.6 Å². The van der Waals surface area contributed by atoms with Crippen LogP contribution in [0, 0.1) is 5.82 Å². The maximum Gasteiger partial charge on any atom is 0.218 e. The highest BCUT2D eigenvalue weighted by Crippen LogP contribution is 2.15. The predicted molar refractivity (Wildman–Crippen MR) is 75.3 cm³/mol. The number of nitrogens with zero attached hydrogens (tertiary/aromatic N) is 1. The van der Waals surface area contributed by atoms with Crippen molar-refractivity contribution in [2.75, 3.05) is 19.6 Å². The Labute approximate surface area is 119 Å². The Bertz CT molecular complexity index is 507. The molecule has 0 spiro atoms. The van der Waals surface area contributed by atoms with Gasteiger partial charge in [0.15, 0.2) is 0 Å². The number of hydrogen-bond donors (Lipinski definition) is 1. The van der Waals surface area contributed by atoms with Crippen molar-refractivity contribution in [1.29, 1.82) is 0 Å². The van der Waals surface area contributed by atoms with Gasteiger partial charge in [-0.25, -0.2) is 12.8 Å². The molecule has 0 radical (unpaired) electrons. The summed E-state index contributed by atoms with van der Waals surface area (Å²) in [6, 6.07) is 5.56. The van der Waals surface area contributed by atoms with Crippen LogP contribution in [-0.2, 0) is 15.8 Å². The van der Waals surface area contributed by atoms with Gasteiger partial charge < -0.3 is 5.32 Å². The van der Waals surface area contributed by atoms with E-state index >= 15 is 0 Å². The number of hydrogen-bond acceptors (Lipinski definition) is 3. The van der Waals surface area contributed by atoms with Gasteiger partial charge in [0.05, 0.1) is 5.75 Å². The Hall–Kier alpha value is -0.690. The molecule has 1 atom stereocenters. The van der Waals surface area contributed by atoms with E-state index in [1.54, 1.807) is 0 Å². The zero-order valence-electron chi connectivity index (χ0n) is 10.7. The molecule has 7 heteroatoms. The largest absolute Gasteiger partial charge is 0.314 e. The predicted octanol–water partition coefficient (Wildman–Crippen LogP) is 1.37. The van der Waals surface area contributed by atoms with Crippen LogP contribution in [0.25, 0.3) is 0 Å². The van der Waals surface area contributed by atoms with Crippen molar-refractivity contribution in [2.45, 2.75) is 18.7 Å². The first-order chi connectivity index (χ1) is 8.49. The summed E-state index contributed by atoms with van der Waals surface area (Å²) in [5.41, 5.74) is 0.613. The molecular formula is C12H18ClFN2O2S. The molecule has 1 aliphatic heterocycles. The maximum atomic E-state index is 12.8. The third kappa shape index (κ3) is 4.14. The van der Waals surface area contributed by atoms with E-state index in [0.29, 0.717) is 25.2 Å². The lowest BCUT2D eigenvalue weighted by atomic mass is 10.2. The number of halogens is 2. The van der Waals surface area contributed by atoms with E-state index in [0.717, 1.165) is 0 Å². The van der Waals surface area contributed by atoms with E-state index in [1.807, 2.05) is 6.92 Å². The van der Waals surface area contributed by atoms with Crippen LogP contribution in [0.1, 0.15) is 12.5 Å². The molecule has 1 aliphatic rings. The van der Waals surface area contributed by atoms with Gasteiger partial charge in [0.25, 0.3) is 0 Å². The number of nitrogens with one attached hydrogen (secondary N) is 1. The van der Waals surface area contributed by atoms with Crippen LogP contribution in [0.3, 0.4) is 0 Å². The maximum absolute atomic E-state index is 12.8. The standard InChI is InChI=1S/C12H17FN2O2S.ClH/c1-10-8-14-6-7-15(10)18(16,17)9-11-2-4-12(13)5-3-11;/h2-5,10,14H,6-9H2,1H3;1H/t10-;/m1./s1. The van der Waals surface area contributed by atoms with Crippen LogP contribution in [0.15, 0.2) is 24.3 Å². The summed E-state index contributed by atoms with van der Waals surface area (Å²) < 4.78 is 38.8. The number of piperazine rings is 1. The second kappa shape index (κ2) is 6.65. The first-order valence-electron chi connectivity index (χ1n) is 5.94. The molecule has 0 unspecified atom stereocenters. The van der Waals surface area contributed by atoms with Crippen LogP contribution in [-0.4, -0.2) is 38.4 Å². The molecule has 0 amide bonds. The molecule has 0 aliphatic carbocycles. The van der Waals surface area contributed by atoms with Gasteiger partial charge in [-0.15, -0.1) is 12.4 Å². The van der Waals surface area contributed by atoms with Crippen molar-refractivity contribution in [2.24, 2.45) is 0 Å². The lowest BCUT2D eigenvalue weighted by Gasteiger charge is -2.32. The van der Waals surface area contributed by atoms with E-state index < -0.39 is 10.0 Å². The Morgan fingerprint density at radius 3 is 2.58 bits per heavy atom. The molecule has 0 bridgehead atoms. The molecule has 108 valence electrons. The second-order valence-corrected chi connectivity index (χ2v) is 6.47. The number of benzene rings is 1. The third-order valence-electron chi connectivity index (χ3n) is 3.06. The smallest absolute Gasteiger partial charge is 0.218 e. The average molecular weight is 309 g/mol. The summed E-state index contributed by atoms with van der Waals surface area (Å²) in [6.07, 6.45) is 0. The number of sulfonamides is 1. The molecule has 2 rings (SSSR count). The summed E-state index contributed by atoms with van der Waals surface area (Å²) in [6.45, 7) is 3.72. The first-order valence-corrected chi connectivity index (χ1v) is 7.54. The van der Waals surface area contributed by atoms with Gasteiger partial charge in [-0.05, 0) is 24.6 Å². The van der Waals surface area contributed by atoms with E-state index in [4.69, 9.17) is 0 Å². The Morgan fingerprint density at radius 2 is 2.00 bits per heavy atom. The van der Waals surface area contributed by atoms with E-state index in [-0.39, 0.29) is 30.0 Å². The molecule has 4 nitrogen and oxygen atoms in total. The SMILES string of the molecule is C[C@@H]1CNCCN1S(=O)(=O)Cc1ccc(F)cc1.Cl. The molecular weight excluding hydrogens is 291 g/mol. The quantitative estimate of drug-likeness (QED) is 0.917. The third-order valence-corrected chi connectivity index (χ3v) is 5.02. The van der Waals surface area contributed by atoms with Crippen molar-refractivity contribution in [1.82, 2.24) is 9.62 Å². The fourth-order valence-corrected chi connectivity index (χ4v) is 3.88. The summed E-state index contributed by atoms with van der Waals surface area (Å²) >= 11 is 0. The Morgan fingerprint density at radius 1 is 1.37 bits per heavy atom. The molecule has 1 saturated heterocycles. The average Bonchev–Trinajstić information content (AvgIpc) is 2.32. The summed E-state index contributed by atoms with van der Waals surface area (Å²) in [5, 5.41) is 3.15. The Kier molecular flexibility index (Phi) is 5.73. The second-order valence-electron chi connectivity index (χ2n) is 4.55. The Balaban J connectivity index is 0.00000180. The van der Waals surface area contributed by atoms with Crippen molar-refractivity contribution >= 4 is 22.4 Å². The van der Waals surface area contributed by atoms with Gasteiger partial charge >= 0.3 is 0 Å². The van der Waals surface area contributed by atoms with Crippen molar-refractivity contribution in [3.05, 3.63) is 35.6 Å². The zero-order chi connectivity index (χ0) is 13.2. The minimum Gasteiger partial charge on any atom is -0.314 e. The van der Waals surface area contributed by atoms with Crippen LogP contribution >= 0.6 is 12.4 Å². The van der Waals surface area contributed by atoms with Crippen molar-refractivity contribution in [3.63, 3.8) is 0 Å². The highest BCUT2D eigenvalue weighted by Gasteiger charge is 2.29. The zero-order valence-corrected chi connectivity index (χ0v) is 12.3. The van der Waals surface area contributed by atoms with Crippen LogP contribution in [0.4, 0.5) is 4.39 Å². The summed E-state index contributed by atoms with van der Waals surface area (Å²) in [4.78, 5) is 0. The highest BCUT2D eigenvalue weighted by molar-refractivity contribution is 7.88. The molecule has 1 aromatic carbocycles. The van der Waals surface area contributed by atoms with Gasteiger partial charge in [-0.2, -0.15) is 4.31 Å². The van der Waals surface area contributed by atoms with Gasteiger partial charge in [-0.1, -0.05) is 12.1 Å². The normalized spacial score (nSPS) is 20.8. The highest BCUT2D eigenvalue weighted by atomic mass is 35.5. The summed E-state index contributed by atoms with van der Waals surface area (Å²) in [5.74, 6) is -0.427. The van der Waals surface area contributed by atoms with E-state index in [9.17, 15) is 12.8 Å². The molecule has 1 fully saturated rings. The monoisotopic (exact) mass is 308 g/mol. The van der Waals surface area contributed by atoms with Crippen molar-refractivity contribution in [3.8, 4) is 0 Å². The van der Waals surface area contributed by atoms with Crippen LogP contribution in [0.5, 0.6) is 0 Å². The lowest BCUT2D eigenvalue weighted by Crippen LogP contribution is -2.52. The van der Waals surface area contributed by atoms with E-state index in [2.05, 4.69) is 5.32 Å². The van der Waals surface area contributed by atoms with Gasteiger partial charge in [0, 0.05) is 25.7 Å². The number of rotatable bonds is 3. The molecule has 1 aromatic rings. The fraction of sp³-hybridized carbons (Fsp3) is 0.500. The molecule has 0 saturated carbocycles. The molecule has 1 heterocycles. The van der Waals surface area contributed by atoms with Gasteiger partial charge in [0.1, 0.15) is 5.82 Å². The topological polar surface area (TPSA) is 49.4 Å². The minimum absolute atomic E-state index is 0. The molecule has 1 N–H and O–H groups in total. The van der Waals surface area contributed by atoms with Gasteiger partial charge in [0.2, 0.25) is 10.0 Å². The van der Waals surface area contributed by atoms with Gasteiger partial charge in [-0.3, -0.25) is 0 Å². The fourth-order valence-electron chi connectivity index (χ4n) is 2.11. The van der Waals surface area contributed by atoms with Crippen LogP contribution < -0.4 is 5.32 Å². The lowest BCUT2D eigenvalue weighted by molar-refractivity contribution is 0.283. The molecule has 19 heavy (non-hydrogen) atoms. The molecule has 0 aromatic heterocycles. The van der Waals surface area contributed by atoms with Crippen LogP contribution in [0.2, 0.25) is 0 Å². The first kappa shape index (κ1) is 16.4. The van der Waals surface area contributed by atoms with Crippen molar-refractivity contribution < 1.29 is 12.8 Å². The minimum atomic E-state index is -3.33. The summed E-state index contributed by atoms with van der Waals surface area (Å²) in [7, 11) is -3.33.